The van der Waals surface area contributed by atoms with Crippen LogP contribution >= 0.6 is 11.3 Å². The molecule has 0 spiro atoms. The lowest BCUT2D eigenvalue weighted by molar-refractivity contribution is -0.142. The Balaban J connectivity index is 1.48. The third kappa shape index (κ3) is 5.78. The van der Waals surface area contributed by atoms with E-state index in [0.29, 0.717) is 35.5 Å². The van der Waals surface area contributed by atoms with Gasteiger partial charge in [-0.3, -0.25) is 19.2 Å². The largest absolute Gasteiger partial charge is 0.480 e. The fourth-order valence-electron chi connectivity index (χ4n) is 5.66. The van der Waals surface area contributed by atoms with Gasteiger partial charge in [-0.25, -0.2) is 0 Å². The van der Waals surface area contributed by atoms with Crippen LogP contribution in [0.4, 0.5) is 13.2 Å². The molecule has 4 heterocycles. The topological polar surface area (TPSA) is 102 Å². The molecule has 41 heavy (non-hydrogen) atoms. The zero-order valence-electron chi connectivity index (χ0n) is 22.3. The molecule has 0 unspecified atom stereocenters. The first-order valence-electron chi connectivity index (χ1n) is 13.3. The second-order valence-corrected chi connectivity index (χ2v) is 11.2. The number of amides is 1. The van der Waals surface area contributed by atoms with E-state index in [0.717, 1.165) is 16.9 Å². The minimum absolute atomic E-state index is 0.0332. The normalized spacial score (nSPS) is 19.4. The summed E-state index contributed by atoms with van der Waals surface area (Å²) in [5, 5.41) is 22.8. The minimum atomic E-state index is -4.65. The number of rotatable bonds is 7. The van der Waals surface area contributed by atoms with Gasteiger partial charge in [0.25, 0.3) is 0 Å². The molecule has 0 bridgehead atoms. The number of hydrogen-bond acceptors (Lipinski definition) is 6. The maximum atomic E-state index is 14.0. The first kappa shape index (κ1) is 28.6. The third-order valence-corrected chi connectivity index (χ3v) is 8.65. The summed E-state index contributed by atoms with van der Waals surface area (Å²) < 4.78 is 43.3. The van der Waals surface area contributed by atoms with Crippen LogP contribution in [0.25, 0.3) is 11.1 Å². The summed E-state index contributed by atoms with van der Waals surface area (Å²) in [6, 6.07) is 10.2. The number of aliphatic carboxylic acids is 1. The molecule has 1 fully saturated rings. The first-order valence-corrected chi connectivity index (χ1v) is 14.1. The fraction of sp³-hybridized carbons (Fsp3) is 0.379. The van der Waals surface area contributed by atoms with Crippen molar-refractivity contribution in [3.05, 3.63) is 75.3 Å². The molecule has 5 rings (SSSR count). The van der Waals surface area contributed by atoms with Crippen molar-refractivity contribution in [2.24, 2.45) is 0 Å². The summed E-state index contributed by atoms with van der Waals surface area (Å²) in [5.74, 6) is -1.63. The number of carbonyl (C=O) groups excluding carboxylic acids is 1. The molecule has 12 heteroatoms. The molecule has 0 saturated carbocycles. The number of fused-ring (bicyclic) bond motifs is 1. The van der Waals surface area contributed by atoms with Crippen molar-refractivity contribution < 1.29 is 27.9 Å². The Morgan fingerprint density at radius 2 is 2.02 bits per heavy atom. The highest BCUT2D eigenvalue weighted by molar-refractivity contribution is 7.12. The standard InChI is InChI=1S/C29H28F3N5O3S/c1-2-37-16-23(27(34-37)29(30,31)32)20-8-4-3-7-19(20)22-15-36(17-25-21(22)13-18(14-33)41-25)26(38)10-6-12-35-11-5-9-24(35)28(39)40/h3-4,6-8,10,13,16,22,24H,2,5,9,11-12,15,17H2,1H3,(H,39,40)/b10-6+/t22-,24-/m0/s1. The lowest BCUT2D eigenvalue weighted by atomic mass is 9.83. The molecule has 2 atom stereocenters. The van der Waals surface area contributed by atoms with E-state index in [2.05, 4.69) is 11.2 Å². The summed E-state index contributed by atoms with van der Waals surface area (Å²) in [7, 11) is 0. The number of hydrogen-bond donors (Lipinski definition) is 1. The van der Waals surface area contributed by atoms with Crippen molar-refractivity contribution in [1.29, 1.82) is 5.26 Å². The number of aromatic nitrogens is 2. The average Bonchev–Trinajstić information content (AvgIpc) is 3.70. The van der Waals surface area contributed by atoms with E-state index in [1.807, 2.05) is 4.90 Å². The van der Waals surface area contributed by atoms with Crippen LogP contribution in [0.3, 0.4) is 0 Å². The highest BCUT2D eigenvalue weighted by Gasteiger charge is 2.39. The van der Waals surface area contributed by atoms with Gasteiger partial charge in [0.1, 0.15) is 17.0 Å². The second kappa shape index (κ2) is 11.5. The van der Waals surface area contributed by atoms with Gasteiger partial charge in [-0.2, -0.15) is 23.5 Å². The van der Waals surface area contributed by atoms with E-state index < -0.39 is 29.8 Å². The zero-order chi connectivity index (χ0) is 29.3. The van der Waals surface area contributed by atoms with Crippen LogP contribution in [0.2, 0.25) is 0 Å². The van der Waals surface area contributed by atoms with E-state index >= 15 is 0 Å². The molecule has 3 aromatic rings. The maximum absolute atomic E-state index is 14.0. The molecule has 1 saturated heterocycles. The van der Waals surface area contributed by atoms with Gasteiger partial charge in [0, 0.05) is 48.3 Å². The molecule has 8 nitrogen and oxygen atoms in total. The predicted molar refractivity (Wildman–Crippen MR) is 146 cm³/mol. The minimum Gasteiger partial charge on any atom is -0.480 e. The summed E-state index contributed by atoms with van der Waals surface area (Å²) in [6.07, 6.45) is 1.18. The Hall–Kier alpha value is -3.95. The van der Waals surface area contributed by atoms with Gasteiger partial charge in [-0.15, -0.1) is 11.3 Å². The Kier molecular flexibility index (Phi) is 8.02. The number of alkyl halides is 3. The highest BCUT2D eigenvalue weighted by Crippen LogP contribution is 2.44. The van der Waals surface area contributed by atoms with Gasteiger partial charge < -0.3 is 10.0 Å². The Bertz CT molecular complexity index is 1540. The molecule has 1 aromatic carbocycles. The Morgan fingerprint density at radius 3 is 2.73 bits per heavy atom. The van der Waals surface area contributed by atoms with E-state index in [1.54, 1.807) is 48.2 Å². The smallest absolute Gasteiger partial charge is 0.435 e. The fourth-order valence-corrected chi connectivity index (χ4v) is 6.70. The van der Waals surface area contributed by atoms with Gasteiger partial charge in [0.05, 0.1) is 6.54 Å². The number of aryl methyl sites for hydroxylation is 1. The molecular formula is C29H28F3N5O3S. The number of carboxylic acids is 1. The van der Waals surface area contributed by atoms with Crippen molar-refractivity contribution in [3.8, 4) is 17.2 Å². The number of benzene rings is 1. The molecule has 0 radical (unpaired) electrons. The molecule has 2 aromatic heterocycles. The first-order chi connectivity index (χ1) is 19.6. The van der Waals surface area contributed by atoms with Crippen molar-refractivity contribution in [3.63, 3.8) is 0 Å². The molecule has 1 amide bonds. The molecule has 2 aliphatic rings. The Morgan fingerprint density at radius 1 is 1.24 bits per heavy atom. The lowest BCUT2D eigenvalue weighted by Gasteiger charge is -2.33. The van der Waals surface area contributed by atoms with Crippen LogP contribution in [0.1, 0.15) is 52.3 Å². The number of nitrogens with zero attached hydrogens (tertiary/aromatic N) is 5. The summed E-state index contributed by atoms with van der Waals surface area (Å²) in [4.78, 5) is 29.5. The van der Waals surface area contributed by atoms with E-state index in [9.17, 15) is 33.1 Å². The van der Waals surface area contributed by atoms with Crippen LogP contribution < -0.4 is 0 Å². The van der Waals surface area contributed by atoms with Crippen LogP contribution in [0.15, 0.2) is 48.7 Å². The summed E-state index contributed by atoms with van der Waals surface area (Å²) in [5.41, 5.74) is 0.807. The third-order valence-electron chi connectivity index (χ3n) is 7.61. The Labute approximate surface area is 238 Å². The van der Waals surface area contributed by atoms with Gasteiger partial charge in [0.2, 0.25) is 5.91 Å². The number of nitriles is 1. The van der Waals surface area contributed by atoms with E-state index in [-0.39, 0.29) is 31.1 Å². The van der Waals surface area contributed by atoms with Crippen LogP contribution in [-0.4, -0.2) is 62.2 Å². The van der Waals surface area contributed by atoms with Crippen molar-refractivity contribution >= 4 is 23.2 Å². The van der Waals surface area contributed by atoms with E-state index in [1.165, 1.54) is 28.3 Å². The van der Waals surface area contributed by atoms with Crippen molar-refractivity contribution in [1.82, 2.24) is 19.6 Å². The lowest BCUT2D eigenvalue weighted by Crippen LogP contribution is -2.38. The molecule has 1 N–H and O–H groups in total. The van der Waals surface area contributed by atoms with Crippen molar-refractivity contribution in [2.45, 2.75) is 51.0 Å². The van der Waals surface area contributed by atoms with Gasteiger partial charge in [-0.05, 0) is 49.1 Å². The van der Waals surface area contributed by atoms with Gasteiger partial charge >= 0.3 is 12.1 Å². The summed E-state index contributed by atoms with van der Waals surface area (Å²) in [6.45, 7) is 3.43. The summed E-state index contributed by atoms with van der Waals surface area (Å²) >= 11 is 1.27. The SMILES string of the molecule is CCn1cc(-c2ccccc2[C@@H]2CN(C(=O)/C=C/CN3CCC[C@H]3C(=O)O)Cc3sc(C#N)cc32)c(C(F)(F)F)n1. The van der Waals surface area contributed by atoms with Gasteiger partial charge in [-0.1, -0.05) is 30.3 Å². The molecule has 0 aliphatic carbocycles. The molecular weight excluding hydrogens is 555 g/mol. The van der Waals surface area contributed by atoms with Crippen LogP contribution in [0.5, 0.6) is 0 Å². The number of halogens is 3. The quantitative estimate of drug-likeness (QED) is 0.389. The zero-order valence-corrected chi connectivity index (χ0v) is 23.1. The number of carbonyl (C=O) groups is 2. The highest BCUT2D eigenvalue weighted by atomic mass is 32.1. The average molecular weight is 584 g/mol. The van der Waals surface area contributed by atoms with Crippen molar-refractivity contribution in [2.75, 3.05) is 19.6 Å². The number of likely N-dealkylation sites (tertiary alicyclic amines) is 1. The van der Waals surface area contributed by atoms with E-state index in [4.69, 9.17) is 0 Å². The van der Waals surface area contributed by atoms with Crippen LogP contribution in [0, 0.1) is 11.3 Å². The molecule has 2 aliphatic heterocycles. The number of carboxylic acid groups (broad SMARTS) is 1. The predicted octanol–water partition coefficient (Wildman–Crippen LogP) is 5.10. The van der Waals surface area contributed by atoms with Gasteiger partial charge in [0.15, 0.2) is 5.69 Å². The van der Waals surface area contributed by atoms with Crippen LogP contribution in [-0.2, 0) is 28.9 Å². The number of thiophene rings is 1. The maximum Gasteiger partial charge on any atom is 0.435 e. The second-order valence-electron chi connectivity index (χ2n) is 10.1. The monoisotopic (exact) mass is 583 g/mol. The molecule has 214 valence electrons.